The molecule has 1 aliphatic carbocycles. The largest absolute Gasteiger partial charge is 0.384 e. The summed E-state index contributed by atoms with van der Waals surface area (Å²) in [5.41, 5.74) is 6.87. The van der Waals surface area contributed by atoms with Crippen molar-refractivity contribution in [1.82, 2.24) is 19.7 Å². The third-order valence-electron chi connectivity index (χ3n) is 3.16. The SMILES string of the molecule is Cn1ccc(CCNc2cc(N)nc(C3CC3)n2)n1. The van der Waals surface area contributed by atoms with E-state index in [4.69, 9.17) is 5.73 Å². The van der Waals surface area contributed by atoms with E-state index in [1.54, 1.807) is 6.07 Å². The van der Waals surface area contributed by atoms with Gasteiger partial charge in [0.2, 0.25) is 0 Å². The zero-order chi connectivity index (χ0) is 13.2. The highest BCUT2D eigenvalue weighted by atomic mass is 15.2. The van der Waals surface area contributed by atoms with Crippen molar-refractivity contribution in [3.05, 3.63) is 29.8 Å². The molecule has 0 saturated heterocycles. The second-order valence-corrected chi connectivity index (χ2v) is 4.97. The van der Waals surface area contributed by atoms with Crippen molar-refractivity contribution >= 4 is 11.6 Å². The maximum absolute atomic E-state index is 5.80. The van der Waals surface area contributed by atoms with Gasteiger partial charge in [-0.05, 0) is 18.9 Å². The second-order valence-electron chi connectivity index (χ2n) is 4.97. The number of anilines is 2. The molecule has 3 N–H and O–H groups in total. The summed E-state index contributed by atoms with van der Waals surface area (Å²) in [6.07, 6.45) is 5.17. The summed E-state index contributed by atoms with van der Waals surface area (Å²) in [7, 11) is 1.92. The number of nitrogens with one attached hydrogen (secondary N) is 1. The molecule has 2 aromatic heterocycles. The van der Waals surface area contributed by atoms with Crippen LogP contribution in [0.5, 0.6) is 0 Å². The van der Waals surface area contributed by atoms with Gasteiger partial charge in [0.25, 0.3) is 0 Å². The Kier molecular flexibility index (Phi) is 3.06. The number of rotatable bonds is 5. The molecule has 6 heteroatoms. The molecule has 1 aliphatic rings. The van der Waals surface area contributed by atoms with Crippen LogP contribution in [0.15, 0.2) is 18.3 Å². The Labute approximate surface area is 112 Å². The molecule has 1 fully saturated rings. The minimum Gasteiger partial charge on any atom is -0.384 e. The third-order valence-corrected chi connectivity index (χ3v) is 3.16. The molecule has 0 unspecified atom stereocenters. The van der Waals surface area contributed by atoms with Crippen LogP contribution in [0.1, 0.15) is 30.3 Å². The van der Waals surface area contributed by atoms with Crippen LogP contribution in [0.25, 0.3) is 0 Å². The number of nitrogens with two attached hydrogens (primary N) is 1. The summed E-state index contributed by atoms with van der Waals surface area (Å²) < 4.78 is 1.81. The van der Waals surface area contributed by atoms with E-state index >= 15 is 0 Å². The van der Waals surface area contributed by atoms with E-state index in [0.717, 1.165) is 30.3 Å². The predicted molar refractivity (Wildman–Crippen MR) is 73.8 cm³/mol. The van der Waals surface area contributed by atoms with E-state index in [9.17, 15) is 0 Å². The molecular formula is C13H18N6. The summed E-state index contributed by atoms with van der Waals surface area (Å²) in [6.45, 7) is 0.789. The first-order valence-corrected chi connectivity index (χ1v) is 6.57. The summed E-state index contributed by atoms with van der Waals surface area (Å²) in [5.74, 6) is 2.74. The number of nitrogen functional groups attached to an aromatic ring is 1. The topological polar surface area (TPSA) is 81.7 Å². The van der Waals surface area contributed by atoms with Gasteiger partial charge in [-0.3, -0.25) is 4.68 Å². The van der Waals surface area contributed by atoms with Gasteiger partial charge in [0.1, 0.15) is 17.5 Å². The Balaban J connectivity index is 1.60. The van der Waals surface area contributed by atoms with E-state index < -0.39 is 0 Å². The second kappa shape index (κ2) is 4.87. The Bertz CT molecular complexity index is 572. The average Bonchev–Trinajstić information content (AvgIpc) is 3.13. The number of aromatic nitrogens is 4. The van der Waals surface area contributed by atoms with Crippen molar-refractivity contribution in [2.24, 2.45) is 7.05 Å². The lowest BCUT2D eigenvalue weighted by molar-refractivity contribution is 0.741. The van der Waals surface area contributed by atoms with E-state index in [0.29, 0.717) is 11.7 Å². The minimum atomic E-state index is 0.514. The van der Waals surface area contributed by atoms with Gasteiger partial charge in [0.05, 0.1) is 5.69 Å². The lowest BCUT2D eigenvalue weighted by Crippen LogP contribution is -2.09. The number of hydrogen-bond donors (Lipinski definition) is 2. The first-order valence-electron chi connectivity index (χ1n) is 6.57. The molecule has 3 rings (SSSR count). The molecule has 0 radical (unpaired) electrons. The molecule has 1 saturated carbocycles. The summed E-state index contributed by atoms with van der Waals surface area (Å²) in [5, 5.41) is 7.62. The van der Waals surface area contributed by atoms with E-state index in [1.165, 1.54) is 12.8 Å². The Hall–Kier alpha value is -2.11. The summed E-state index contributed by atoms with van der Waals surface area (Å²) >= 11 is 0. The lowest BCUT2D eigenvalue weighted by Gasteiger charge is -2.07. The number of nitrogens with zero attached hydrogens (tertiary/aromatic N) is 4. The fraction of sp³-hybridized carbons (Fsp3) is 0.462. The zero-order valence-corrected chi connectivity index (χ0v) is 11.0. The van der Waals surface area contributed by atoms with Gasteiger partial charge in [-0.1, -0.05) is 0 Å². The maximum atomic E-state index is 5.80. The molecule has 6 nitrogen and oxygen atoms in total. The zero-order valence-electron chi connectivity index (χ0n) is 11.0. The molecule has 2 aromatic rings. The van der Waals surface area contributed by atoms with Gasteiger partial charge in [0, 0.05) is 38.2 Å². The van der Waals surface area contributed by atoms with Gasteiger partial charge >= 0.3 is 0 Å². The first-order chi connectivity index (χ1) is 9.20. The normalized spacial score (nSPS) is 14.6. The molecule has 0 aliphatic heterocycles. The molecule has 0 amide bonds. The van der Waals surface area contributed by atoms with E-state index in [2.05, 4.69) is 20.4 Å². The summed E-state index contributed by atoms with van der Waals surface area (Å²) in [6, 6.07) is 3.80. The summed E-state index contributed by atoms with van der Waals surface area (Å²) in [4.78, 5) is 8.78. The molecule has 100 valence electrons. The molecule has 0 aromatic carbocycles. The van der Waals surface area contributed by atoms with Crippen molar-refractivity contribution in [1.29, 1.82) is 0 Å². The van der Waals surface area contributed by atoms with Crippen molar-refractivity contribution in [3.63, 3.8) is 0 Å². The van der Waals surface area contributed by atoms with Crippen molar-refractivity contribution in [2.75, 3.05) is 17.6 Å². The number of hydrogen-bond acceptors (Lipinski definition) is 5. The highest BCUT2D eigenvalue weighted by Crippen LogP contribution is 2.38. The standard InChI is InChI=1S/C13H18N6/c1-19-7-5-10(18-19)4-6-15-12-8-11(14)16-13(17-12)9-2-3-9/h5,7-9H,2-4,6H2,1H3,(H3,14,15,16,17). The molecular weight excluding hydrogens is 240 g/mol. The smallest absolute Gasteiger partial charge is 0.136 e. The van der Waals surface area contributed by atoms with Crippen LogP contribution in [-0.4, -0.2) is 26.3 Å². The quantitative estimate of drug-likeness (QED) is 0.845. The lowest BCUT2D eigenvalue weighted by atomic mass is 10.3. The van der Waals surface area contributed by atoms with Crippen molar-refractivity contribution in [2.45, 2.75) is 25.2 Å². The Morgan fingerprint density at radius 1 is 1.42 bits per heavy atom. The van der Waals surface area contributed by atoms with Crippen molar-refractivity contribution < 1.29 is 0 Å². The van der Waals surface area contributed by atoms with Crippen LogP contribution in [0, 0.1) is 0 Å². The molecule has 19 heavy (non-hydrogen) atoms. The predicted octanol–water partition coefficient (Wildman–Crippen LogP) is 1.32. The van der Waals surface area contributed by atoms with Crippen LogP contribution >= 0.6 is 0 Å². The van der Waals surface area contributed by atoms with Gasteiger partial charge < -0.3 is 11.1 Å². The van der Waals surface area contributed by atoms with Crippen LogP contribution < -0.4 is 11.1 Å². The fourth-order valence-corrected chi connectivity index (χ4v) is 2.02. The monoisotopic (exact) mass is 258 g/mol. The average molecular weight is 258 g/mol. The van der Waals surface area contributed by atoms with Crippen LogP contribution in [0.4, 0.5) is 11.6 Å². The van der Waals surface area contributed by atoms with E-state index in [1.807, 2.05) is 24.0 Å². The van der Waals surface area contributed by atoms with Crippen LogP contribution in [0.2, 0.25) is 0 Å². The van der Waals surface area contributed by atoms with Crippen LogP contribution in [-0.2, 0) is 13.5 Å². The Morgan fingerprint density at radius 2 is 2.26 bits per heavy atom. The molecule has 0 bridgehead atoms. The van der Waals surface area contributed by atoms with E-state index in [-0.39, 0.29) is 0 Å². The fourth-order valence-electron chi connectivity index (χ4n) is 2.02. The third kappa shape index (κ3) is 3.01. The number of aryl methyl sites for hydroxylation is 1. The molecule has 2 heterocycles. The molecule has 0 atom stereocenters. The van der Waals surface area contributed by atoms with Crippen LogP contribution in [0.3, 0.4) is 0 Å². The van der Waals surface area contributed by atoms with Crippen molar-refractivity contribution in [3.8, 4) is 0 Å². The van der Waals surface area contributed by atoms with Gasteiger partial charge in [-0.25, -0.2) is 9.97 Å². The van der Waals surface area contributed by atoms with Gasteiger partial charge in [-0.15, -0.1) is 0 Å². The van der Waals surface area contributed by atoms with Gasteiger partial charge in [0.15, 0.2) is 0 Å². The minimum absolute atomic E-state index is 0.514. The molecule has 0 spiro atoms. The van der Waals surface area contributed by atoms with Gasteiger partial charge in [-0.2, -0.15) is 5.10 Å². The highest BCUT2D eigenvalue weighted by Gasteiger charge is 2.27. The first kappa shape index (κ1) is 12.0. The maximum Gasteiger partial charge on any atom is 0.136 e. The highest BCUT2D eigenvalue weighted by molar-refractivity contribution is 5.45. The Morgan fingerprint density at radius 3 is 2.95 bits per heavy atom.